The first-order valence-electron chi connectivity index (χ1n) is 9.32. The van der Waals surface area contributed by atoms with E-state index in [1.165, 1.54) is 11.8 Å². The Morgan fingerprint density at radius 2 is 1.72 bits per heavy atom. The number of carbonyl (C=O) groups excluding carboxylic acids is 2. The van der Waals surface area contributed by atoms with Crippen molar-refractivity contribution < 1.29 is 9.59 Å². The number of amides is 2. The molecule has 0 radical (unpaired) electrons. The third-order valence-corrected chi connectivity index (χ3v) is 6.54. The fourth-order valence-electron chi connectivity index (χ4n) is 2.72. The van der Waals surface area contributed by atoms with E-state index in [4.69, 9.17) is 46.4 Å². The first-order valence-corrected chi connectivity index (χ1v) is 11.8. The molecule has 1 heterocycles. The molecule has 1 aromatic heterocycles. The van der Waals surface area contributed by atoms with Gasteiger partial charge in [0, 0.05) is 11.6 Å². The first kappa shape index (κ1) is 24.7. The molecule has 32 heavy (non-hydrogen) atoms. The quantitative estimate of drug-likeness (QED) is 0.356. The van der Waals surface area contributed by atoms with Gasteiger partial charge in [0.05, 0.1) is 38.6 Å². The predicted molar refractivity (Wildman–Crippen MR) is 130 cm³/mol. The third-order valence-electron chi connectivity index (χ3n) is 4.19. The molecule has 0 spiro atoms. The summed E-state index contributed by atoms with van der Waals surface area (Å²) in [6.07, 6.45) is -0.0193. The molecule has 2 aromatic carbocycles. The molecule has 0 aliphatic rings. The van der Waals surface area contributed by atoms with Crippen LogP contribution in [0.5, 0.6) is 0 Å². The van der Waals surface area contributed by atoms with E-state index in [-0.39, 0.29) is 29.0 Å². The zero-order valence-electron chi connectivity index (χ0n) is 16.7. The summed E-state index contributed by atoms with van der Waals surface area (Å²) >= 11 is 25.3. The maximum absolute atomic E-state index is 12.5. The van der Waals surface area contributed by atoms with E-state index in [0.29, 0.717) is 44.0 Å². The highest BCUT2D eigenvalue weighted by Crippen LogP contribution is 2.30. The van der Waals surface area contributed by atoms with E-state index in [1.54, 1.807) is 41.0 Å². The SMILES string of the molecule is CCn1c(CC(=O)Nc2cccc(Cl)c2Cl)nnc1SCC(=O)Nc1cc(Cl)ccc1Cl. The van der Waals surface area contributed by atoms with Crippen molar-refractivity contribution in [2.24, 2.45) is 0 Å². The second-order valence-corrected chi connectivity index (χ2v) is 9.00. The number of hydrogen-bond donors (Lipinski definition) is 2. The lowest BCUT2D eigenvalue weighted by Gasteiger charge is -2.10. The Labute approximate surface area is 208 Å². The summed E-state index contributed by atoms with van der Waals surface area (Å²) in [5.41, 5.74) is 0.844. The van der Waals surface area contributed by atoms with Gasteiger partial charge in [0.2, 0.25) is 11.8 Å². The molecule has 3 rings (SSSR count). The molecule has 2 N–H and O–H groups in total. The van der Waals surface area contributed by atoms with Crippen molar-refractivity contribution in [3.8, 4) is 0 Å². The highest BCUT2D eigenvalue weighted by Gasteiger charge is 2.17. The number of halogens is 4. The lowest BCUT2D eigenvalue weighted by molar-refractivity contribution is -0.116. The van der Waals surface area contributed by atoms with Gasteiger partial charge < -0.3 is 15.2 Å². The summed E-state index contributed by atoms with van der Waals surface area (Å²) in [5.74, 6) is -0.0597. The monoisotopic (exact) mass is 531 g/mol. The molecule has 0 aliphatic carbocycles. The number of benzene rings is 2. The number of anilines is 2. The third kappa shape index (κ3) is 6.30. The number of aromatic nitrogens is 3. The molecule has 0 atom stereocenters. The number of nitrogens with one attached hydrogen (secondary N) is 2. The lowest BCUT2D eigenvalue weighted by atomic mass is 10.3. The molecule has 0 bridgehead atoms. The molecule has 2 amide bonds. The fourth-order valence-corrected chi connectivity index (χ4v) is 4.23. The van der Waals surface area contributed by atoms with Gasteiger partial charge in [-0.15, -0.1) is 10.2 Å². The molecule has 168 valence electrons. The van der Waals surface area contributed by atoms with Gasteiger partial charge in [0.15, 0.2) is 5.16 Å². The Hall–Kier alpha value is -1.97. The molecule has 0 aliphatic heterocycles. The number of thioether (sulfide) groups is 1. The van der Waals surface area contributed by atoms with Crippen molar-refractivity contribution in [3.63, 3.8) is 0 Å². The van der Waals surface area contributed by atoms with Crippen LogP contribution in [0.1, 0.15) is 12.7 Å². The zero-order valence-corrected chi connectivity index (χ0v) is 20.5. The highest BCUT2D eigenvalue weighted by molar-refractivity contribution is 7.99. The maximum Gasteiger partial charge on any atom is 0.234 e. The van der Waals surface area contributed by atoms with E-state index in [2.05, 4.69) is 20.8 Å². The second-order valence-electron chi connectivity index (χ2n) is 6.43. The molecule has 12 heteroatoms. The van der Waals surface area contributed by atoms with Crippen LogP contribution in [0.15, 0.2) is 41.6 Å². The van der Waals surface area contributed by atoms with Crippen molar-refractivity contribution in [2.75, 3.05) is 16.4 Å². The minimum atomic E-state index is -0.318. The van der Waals surface area contributed by atoms with Gasteiger partial charge in [0.1, 0.15) is 5.82 Å². The molecular weight excluding hydrogens is 516 g/mol. The van der Waals surface area contributed by atoms with E-state index < -0.39 is 0 Å². The first-order chi connectivity index (χ1) is 15.3. The fraction of sp³-hybridized carbons (Fsp3) is 0.200. The molecule has 0 unspecified atom stereocenters. The van der Waals surface area contributed by atoms with Gasteiger partial charge in [-0.25, -0.2) is 0 Å². The van der Waals surface area contributed by atoms with Crippen molar-refractivity contribution in [1.29, 1.82) is 0 Å². The summed E-state index contributed by atoms with van der Waals surface area (Å²) in [4.78, 5) is 24.8. The van der Waals surface area contributed by atoms with Crippen LogP contribution < -0.4 is 10.6 Å². The standard InChI is InChI=1S/C20H17Cl4N5O2S/c1-2-29-16(9-17(30)25-14-5-3-4-13(23)19(14)24)27-28-20(29)32-10-18(31)26-15-8-11(21)6-7-12(15)22/h3-8H,2,9-10H2,1H3,(H,25,30)(H,26,31). The predicted octanol–water partition coefficient (Wildman–Crippen LogP) is 5.82. The average molecular weight is 533 g/mol. The minimum Gasteiger partial charge on any atom is -0.324 e. The van der Waals surface area contributed by atoms with E-state index in [1.807, 2.05) is 6.92 Å². The number of hydrogen-bond acceptors (Lipinski definition) is 5. The van der Waals surface area contributed by atoms with Crippen molar-refractivity contribution in [2.45, 2.75) is 25.0 Å². The summed E-state index contributed by atoms with van der Waals surface area (Å²) in [5, 5.41) is 15.6. The molecule has 3 aromatic rings. The van der Waals surface area contributed by atoms with E-state index in [0.717, 1.165) is 0 Å². The van der Waals surface area contributed by atoms with Crippen molar-refractivity contribution in [3.05, 3.63) is 62.3 Å². The van der Waals surface area contributed by atoms with Gasteiger partial charge in [-0.2, -0.15) is 0 Å². The van der Waals surface area contributed by atoms with E-state index >= 15 is 0 Å². The summed E-state index contributed by atoms with van der Waals surface area (Å²) in [6, 6.07) is 9.79. The average Bonchev–Trinajstić information content (AvgIpc) is 3.13. The number of rotatable bonds is 8. The lowest BCUT2D eigenvalue weighted by Crippen LogP contribution is -2.18. The van der Waals surface area contributed by atoms with Crippen molar-refractivity contribution in [1.82, 2.24) is 14.8 Å². The minimum absolute atomic E-state index is 0.0193. The topological polar surface area (TPSA) is 88.9 Å². The van der Waals surface area contributed by atoms with Gasteiger partial charge >= 0.3 is 0 Å². The second kappa shape index (κ2) is 11.2. The molecule has 0 saturated carbocycles. The van der Waals surface area contributed by atoms with Crippen LogP contribution in [0.25, 0.3) is 0 Å². The zero-order chi connectivity index (χ0) is 23.3. The Kier molecular flexibility index (Phi) is 8.67. The number of nitrogens with zero attached hydrogens (tertiary/aromatic N) is 3. The number of carbonyl (C=O) groups is 2. The van der Waals surface area contributed by atoms with Crippen LogP contribution in [-0.2, 0) is 22.6 Å². The van der Waals surface area contributed by atoms with Crippen LogP contribution in [0.3, 0.4) is 0 Å². The highest BCUT2D eigenvalue weighted by atomic mass is 35.5. The van der Waals surface area contributed by atoms with Crippen LogP contribution in [0.2, 0.25) is 20.1 Å². The van der Waals surface area contributed by atoms with Crippen LogP contribution in [0.4, 0.5) is 11.4 Å². The van der Waals surface area contributed by atoms with Gasteiger partial charge in [-0.1, -0.05) is 64.2 Å². The summed E-state index contributed by atoms with van der Waals surface area (Å²) < 4.78 is 1.77. The summed E-state index contributed by atoms with van der Waals surface area (Å²) in [6.45, 7) is 2.42. The normalized spacial score (nSPS) is 10.8. The van der Waals surface area contributed by atoms with E-state index in [9.17, 15) is 9.59 Å². The van der Waals surface area contributed by atoms with Crippen LogP contribution in [0, 0.1) is 0 Å². The van der Waals surface area contributed by atoms with Crippen molar-refractivity contribution >= 4 is 81.4 Å². The smallest absolute Gasteiger partial charge is 0.234 e. The Morgan fingerprint density at radius 1 is 0.969 bits per heavy atom. The Balaban J connectivity index is 1.61. The molecule has 0 saturated heterocycles. The Morgan fingerprint density at radius 3 is 2.47 bits per heavy atom. The summed E-state index contributed by atoms with van der Waals surface area (Å²) in [7, 11) is 0. The maximum atomic E-state index is 12.5. The van der Waals surface area contributed by atoms with Gasteiger partial charge in [-0.05, 0) is 37.3 Å². The largest absolute Gasteiger partial charge is 0.324 e. The Bertz CT molecular complexity index is 1160. The van der Waals surface area contributed by atoms with Crippen LogP contribution in [-0.4, -0.2) is 32.3 Å². The van der Waals surface area contributed by atoms with Gasteiger partial charge in [-0.3, -0.25) is 9.59 Å². The van der Waals surface area contributed by atoms with Crippen LogP contribution >= 0.6 is 58.2 Å². The van der Waals surface area contributed by atoms with Gasteiger partial charge in [0.25, 0.3) is 0 Å². The molecule has 7 nitrogen and oxygen atoms in total. The molecule has 0 fully saturated rings. The molecular formula is C20H17Cl4N5O2S.